The van der Waals surface area contributed by atoms with Gasteiger partial charge in [0.1, 0.15) is 5.75 Å². The summed E-state index contributed by atoms with van der Waals surface area (Å²) < 4.78 is 0. The van der Waals surface area contributed by atoms with Gasteiger partial charge in [0, 0.05) is 29.1 Å². The van der Waals surface area contributed by atoms with Gasteiger partial charge in [-0.05, 0) is 59.4 Å². The molecule has 1 amide bonds. The topological polar surface area (TPSA) is 49.3 Å². The molecule has 2 aromatic rings. The summed E-state index contributed by atoms with van der Waals surface area (Å²) in [7, 11) is 1.59. The van der Waals surface area contributed by atoms with Gasteiger partial charge < -0.3 is 10.4 Å². The highest BCUT2D eigenvalue weighted by molar-refractivity contribution is 6.36. The summed E-state index contributed by atoms with van der Waals surface area (Å²) in [6, 6.07) is 9.17. The standard InChI is InChI=1S/C21H23Cl2NO2/c1-12(2)16-8-14(5-6-20(16)25)9-17-18(22)10-15(11-19(17)23)7-13(3)21(26)24-4/h5-8,10-12,25H,9H2,1-4H3,(H,24,26)/b13-7+. The van der Waals surface area contributed by atoms with E-state index in [1.807, 2.05) is 26.0 Å². The number of aromatic hydroxyl groups is 1. The molecule has 0 bridgehead atoms. The molecule has 0 unspecified atom stereocenters. The van der Waals surface area contributed by atoms with Crippen LogP contribution in [0.5, 0.6) is 5.75 Å². The zero-order valence-corrected chi connectivity index (χ0v) is 16.9. The molecule has 0 aliphatic rings. The number of carbonyl (C=O) groups is 1. The quantitative estimate of drug-likeness (QED) is 0.655. The molecule has 3 nitrogen and oxygen atoms in total. The molecule has 0 aliphatic heterocycles. The first kappa shape index (κ1) is 20.3. The lowest BCUT2D eigenvalue weighted by Gasteiger charge is -2.13. The van der Waals surface area contributed by atoms with Gasteiger partial charge in [-0.3, -0.25) is 4.79 Å². The van der Waals surface area contributed by atoms with Gasteiger partial charge in [-0.15, -0.1) is 0 Å². The van der Waals surface area contributed by atoms with Gasteiger partial charge >= 0.3 is 0 Å². The molecule has 0 aromatic heterocycles. The molecule has 0 spiro atoms. The van der Waals surface area contributed by atoms with Crippen LogP contribution in [0.1, 0.15) is 48.9 Å². The van der Waals surface area contributed by atoms with Crippen molar-refractivity contribution in [3.63, 3.8) is 0 Å². The van der Waals surface area contributed by atoms with E-state index in [0.717, 1.165) is 22.3 Å². The monoisotopic (exact) mass is 391 g/mol. The Morgan fingerprint density at radius 2 is 1.81 bits per heavy atom. The zero-order valence-electron chi connectivity index (χ0n) is 15.4. The van der Waals surface area contributed by atoms with Gasteiger partial charge in [0.15, 0.2) is 0 Å². The minimum atomic E-state index is -0.147. The van der Waals surface area contributed by atoms with Crippen molar-refractivity contribution >= 4 is 35.2 Å². The lowest BCUT2D eigenvalue weighted by molar-refractivity contribution is -0.116. The largest absolute Gasteiger partial charge is 0.508 e. The summed E-state index contributed by atoms with van der Waals surface area (Å²) in [5, 5.41) is 13.7. The number of amides is 1. The number of carbonyl (C=O) groups excluding carboxylic acids is 1. The molecule has 0 atom stereocenters. The van der Waals surface area contributed by atoms with E-state index in [4.69, 9.17) is 23.2 Å². The number of hydrogen-bond donors (Lipinski definition) is 2. The number of phenols is 1. The second kappa shape index (κ2) is 8.61. The second-order valence-electron chi connectivity index (χ2n) is 6.59. The lowest BCUT2D eigenvalue weighted by Crippen LogP contribution is -2.18. The number of hydrogen-bond acceptors (Lipinski definition) is 2. The molecule has 0 aliphatic carbocycles. The van der Waals surface area contributed by atoms with Gasteiger partial charge in [0.2, 0.25) is 5.91 Å². The van der Waals surface area contributed by atoms with Crippen LogP contribution in [-0.2, 0) is 11.2 Å². The smallest absolute Gasteiger partial charge is 0.246 e. The first-order chi connectivity index (χ1) is 12.2. The SMILES string of the molecule is CNC(=O)/C(C)=C/c1cc(Cl)c(Cc2ccc(O)c(C(C)C)c2)c(Cl)c1. The van der Waals surface area contributed by atoms with Crippen molar-refractivity contribution in [2.75, 3.05) is 7.05 Å². The van der Waals surface area contributed by atoms with Crippen molar-refractivity contribution in [2.24, 2.45) is 0 Å². The van der Waals surface area contributed by atoms with Crippen LogP contribution in [0.4, 0.5) is 0 Å². The number of rotatable bonds is 5. The van der Waals surface area contributed by atoms with E-state index in [-0.39, 0.29) is 11.8 Å². The van der Waals surface area contributed by atoms with E-state index in [1.165, 1.54) is 0 Å². The molecule has 138 valence electrons. The molecule has 0 heterocycles. The Morgan fingerprint density at radius 1 is 1.19 bits per heavy atom. The highest BCUT2D eigenvalue weighted by atomic mass is 35.5. The third kappa shape index (κ3) is 4.80. The van der Waals surface area contributed by atoms with Crippen LogP contribution in [0.3, 0.4) is 0 Å². The van der Waals surface area contributed by atoms with Crippen LogP contribution >= 0.6 is 23.2 Å². The third-order valence-electron chi connectivity index (χ3n) is 4.23. The summed E-state index contributed by atoms with van der Waals surface area (Å²) in [5.74, 6) is 0.374. The molecule has 5 heteroatoms. The lowest BCUT2D eigenvalue weighted by atomic mass is 9.96. The molecular formula is C21H23Cl2NO2. The van der Waals surface area contributed by atoms with E-state index in [9.17, 15) is 9.90 Å². The molecule has 0 fully saturated rings. The molecule has 0 radical (unpaired) electrons. The first-order valence-electron chi connectivity index (χ1n) is 8.43. The predicted molar refractivity (Wildman–Crippen MR) is 109 cm³/mol. The minimum Gasteiger partial charge on any atom is -0.508 e. The number of halogens is 2. The van der Waals surface area contributed by atoms with Gasteiger partial charge in [-0.25, -0.2) is 0 Å². The molecular weight excluding hydrogens is 369 g/mol. The van der Waals surface area contributed by atoms with Crippen LogP contribution in [0.2, 0.25) is 10.0 Å². The fourth-order valence-electron chi connectivity index (χ4n) is 2.77. The van der Waals surface area contributed by atoms with E-state index in [1.54, 1.807) is 38.2 Å². The summed E-state index contributed by atoms with van der Waals surface area (Å²) in [5.41, 5.74) is 4.10. The molecule has 2 aromatic carbocycles. The van der Waals surface area contributed by atoms with Gasteiger partial charge in [0.05, 0.1) is 0 Å². The molecule has 0 saturated heterocycles. The maximum absolute atomic E-state index is 11.6. The normalized spacial score (nSPS) is 11.7. The molecule has 26 heavy (non-hydrogen) atoms. The van der Waals surface area contributed by atoms with Gasteiger partial charge in [0.25, 0.3) is 0 Å². The molecule has 2 rings (SSSR count). The first-order valence-corrected chi connectivity index (χ1v) is 9.18. The van der Waals surface area contributed by atoms with Crippen molar-refractivity contribution in [2.45, 2.75) is 33.1 Å². The van der Waals surface area contributed by atoms with Crippen LogP contribution in [-0.4, -0.2) is 18.1 Å². The highest BCUT2D eigenvalue weighted by Gasteiger charge is 2.12. The number of benzene rings is 2. The molecule has 0 saturated carbocycles. The fourth-order valence-corrected chi connectivity index (χ4v) is 3.41. The summed E-state index contributed by atoms with van der Waals surface area (Å²) >= 11 is 12.9. The van der Waals surface area contributed by atoms with Crippen LogP contribution in [0, 0.1) is 0 Å². The van der Waals surface area contributed by atoms with Crippen molar-refractivity contribution < 1.29 is 9.90 Å². The average Bonchev–Trinajstić information content (AvgIpc) is 2.58. The fraction of sp³-hybridized carbons (Fsp3) is 0.286. The van der Waals surface area contributed by atoms with Crippen molar-refractivity contribution in [3.05, 3.63) is 68.2 Å². The summed E-state index contributed by atoms with van der Waals surface area (Å²) in [6.07, 6.45) is 2.31. The van der Waals surface area contributed by atoms with E-state index in [2.05, 4.69) is 5.32 Å². The minimum absolute atomic E-state index is 0.147. The zero-order chi connectivity index (χ0) is 19.4. The Bertz CT molecular complexity index is 834. The van der Waals surface area contributed by atoms with Crippen molar-refractivity contribution in [1.29, 1.82) is 0 Å². The second-order valence-corrected chi connectivity index (χ2v) is 7.41. The van der Waals surface area contributed by atoms with E-state index >= 15 is 0 Å². The number of likely N-dealkylation sites (N-methyl/N-ethyl adjacent to an activating group) is 1. The van der Waals surface area contributed by atoms with E-state index < -0.39 is 0 Å². The van der Waals surface area contributed by atoms with Crippen LogP contribution in [0.15, 0.2) is 35.9 Å². The predicted octanol–water partition coefficient (Wildman–Crippen LogP) is 5.56. The Morgan fingerprint density at radius 3 is 2.35 bits per heavy atom. The van der Waals surface area contributed by atoms with Gasteiger partial charge in [-0.1, -0.05) is 49.2 Å². The Balaban J connectivity index is 2.35. The number of nitrogens with one attached hydrogen (secondary N) is 1. The summed E-state index contributed by atoms with van der Waals surface area (Å²) in [6.45, 7) is 5.81. The highest BCUT2D eigenvalue weighted by Crippen LogP contribution is 2.32. The Kier molecular flexibility index (Phi) is 6.74. The Hall–Kier alpha value is -1.97. The summed E-state index contributed by atoms with van der Waals surface area (Å²) in [4.78, 5) is 11.6. The molecule has 2 N–H and O–H groups in total. The average molecular weight is 392 g/mol. The maximum Gasteiger partial charge on any atom is 0.246 e. The van der Waals surface area contributed by atoms with Crippen molar-refractivity contribution in [3.8, 4) is 5.75 Å². The van der Waals surface area contributed by atoms with Gasteiger partial charge in [-0.2, -0.15) is 0 Å². The van der Waals surface area contributed by atoms with Crippen LogP contribution < -0.4 is 5.32 Å². The van der Waals surface area contributed by atoms with Crippen molar-refractivity contribution in [1.82, 2.24) is 5.32 Å². The third-order valence-corrected chi connectivity index (χ3v) is 4.90. The van der Waals surface area contributed by atoms with Crippen LogP contribution in [0.25, 0.3) is 6.08 Å². The van der Waals surface area contributed by atoms with E-state index in [0.29, 0.717) is 27.8 Å². The maximum atomic E-state index is 11.6. The Labute approximate surface area is 164 Å². The number of phenolic OH excluding ortho intramolecular Hbond substituents is 1.